The van der Waals surface area contributed by atoms with Crippen molar-refractivity contribution in [3.63, 3.8) is 0 Å². The number of benzene rings is 1. The highest BCUT2D eigenvalue weighted by Crippen LogP contribution is 2.26. The normalized spacial score (nSPS) is 13.0. The van der Waals surface area contributed by atoms with Gasteiger partial charge < -0.3 is 15.4 Å². The predicted octanol–water partition coefficient (Wildman–Crippen LogP) is 3.07. The third-order valence-electron chi connectivity index (χ3n) is 2.86. The standard InChI is InChI=1S/C13H20BrClN2O/c1-17(7-8-18-2)6-5-13(16)11-4-3-10(14)9-12(11)15/h3-4,9,13H,5-8,16H2,1-2H3. The SMILES string of the molecule is COCCN(C)CCC(N)c1ccc(Br)cc1Cl. The first kappa shape index (κ1) is 15.9. The van der Waals surface area contributed by atoms with Gasteiger partial charge in [-0.15, -0.1) is 0 Å². The van der Waals surface area contributed by atoms with Gasteiger partial charge in [0.2, 0.25) is 0 Å². The van der Waals surface area contributed by atoms with Gasteiger partial charge in [-0.25, -0.2) is 0 Å². The van der Waals surface area contributed by atoms with Crippen LogP contribution in [0.4, 0.5) is 0 Å². The molecule has 1 aromatic carbocycles. The Balaban J connectivity index is 2.47. The molecule has 0 aromatic heterocycles. The second-order valence-corrected chi connectivity index (χ2v) is 5.68. The van der Waals surface area contributed by atoms with Gasteiger partial charge in [0.25, 0.3) is 0 Å². The highest BCUT2D eigenvalue weighted by Gasteiger charge is 2.11. The second-order valence-electron chi connectivity index (χ2n) is 4.36. The van der Waals surface area contributed by atoms with Crippen LogP contribution < -0.4 is 5.73 Å². The Kier molecular flexibility index (Phi) is 7.19. The van der Waals surface area contributed by atoms with Gasteiger partial charge in [0.1, 0.15) is 0 Å². The van der Waals surface area contributed by atoms with Gasteiger partial charge in [-0.3, -0.25) is 0 Å². The fourth-order valence-electron chi connectivity index (χ4n) is 1.68. The topological polar surface area (TPSA) is 38.5 Å². The maximum Gasteiger partial charge on any atom is 0.0589 e. The molecule has 0 bridgehead atoms. The third-order valence-corrected chi connectivity index (χ3v) is 3.68. The summed E-state index contributed by atoms with van der Waals surface area (Å²) in [6.07, 6.45) is 0.877. The third kappa shape index (κ3) is 5.24. The van der Waals surface area contributed by atoms with Crippen molar-refractivity contribution in [2.75, 3.05) is 33.9 Å². The summed E-state index contributed by atoms with van der Waals surface area (Å²) < 4.78 is 6.01. The lowest BCUT2D eigenvalue weighted by atomic mass is 10.0. The van der Waals surface area contributed by atoms with Crippen molar-refractivity contribution in [3.8, 4) is 0 Å². The van der Waals surface area contributed by atoms with Crippen LogP contribution >= 0.6 is 27.5 Å². The van der Waals surface area contributed by atoms with Gasteiger partial charge in [0.05, 0.1) is 6.61 Å². The minimum atomic E-state index is -0.0319. The lowest BCUT2D eigenvalue weighted by Gasteiger charge is -2.19. The van der Waals surface area contributed by atoms with Crippen LogP contribution in [0, 0.1) is 0 Å². The molecule has 1 unspecified atom stereocenters. The molecule has 2 N–H and O–H groups in total. The van der Waals surface area contributed by atoms with Crippen LogP contribution in [0.5, 0.6) is 0 Å². The lowest BCUT2D eigenvalue weighted by Crippen LogP contribution is -2.26. The molecule has 0 aliphatic heterocycles. The Hall–Kier alpha value is -0.130. The summed E-state index contributed by atoms with van der Waals surface area (Å²) in [6, 6.07) is 5.79. The van der Waals surface area contributed by atoms with E-state index in [-0.39, 0.29) is 6.04 Å². The number of hydrogen-bond donors (Lipinski definition) is 1. The maximum atomic E-state index is 6.18. The molecule has 0 heterocycles. The first-order valence-electron chi connectivity index (χ1n) is 5.92. The molecule has 18 heavy (non-hydrogen) atoms. The quantitative estimate of drug-likeness (QED) is 0.832. The van der Waals surface area contributed by atoms with E-state index in [0.717, 1.165) is 41.2 Å². The predicted molar refractivity (Wildman–Crippen MR) is 80.1 cm³/mol. The molecule has 1 aromatic rings. The summed E-state index contributed by atoms with van der Waals surface area (Å²) in [4.78, 5) is 2.20. The van der Waals surface area contributed by atoms with Crippen molar-refractivity contribution >= 4 is 27.5 Å². The van der Waals surface area contributed by atoms with Gasteiger partial charge >= 0.3 is 0 Å². The number of rotatable bonds is 7. The first-order valence-corrected chi connectivity index (χ1v) is 7.09. The molecule has 0 fully saturated rings. The number of methoxy groups -OCH3 is 1. The molecule has 5 heteroatoms. The van der Waals surface area contributed by atoms with Crippen LogP contribution in [0.15, 0.2) is 22.7 Å². The number of nitrogens with zero attached hydrogens (tertiary/aromatic N) is 1. The average Bonchev–Trinajstić information content (AvgIpc) is 2.33. The highest BCUT2D eigenvalue weighted by molar-refractivity contribution is 9.10. The summed E-state index contributed by atoms with van der Waals surface area (Å²) in [5, 5.41) is 0.719. The molecule has 1 rings (SSSR count). The van der Waals surface area contributed by atoms with Gasteiger partial charge in [-0.2, -0.15) is 0 Å². The maximum absolute atomic E-state index is 6.18. The second kappa shape index (κ2) is 8.12. The summed E-state index contributed by atoms with van der Waals surface area (Å²) in [6.45, 7) is 2.58. The zero-order valence-electron chi connectivity index (χ0n) is 10.8. The summed E-state index contributed by atoms with van der Waals surface area (Å²) in [7, 11) is 3.77. The van der Waals surface area contributed by atoms with Crippen LogP contribution in [-0.4, -0.2) is 38.8 Å². The van der Waals surface area contributed by atoms with E-state index in [1.165, 1.54) is 0 Å². The number of likely N-dealkylation sites (N-methyl/N-ethyl adjacent to an activating group) is 1. The number of ether oxygens (including phenoxy) is 1. The average molecular weight is 336 g/mol. The van der Waals surface area contributed by atoms with Crippen molar-refractivity contribution in [1.29, 1.82) is 0 Å². The minimum Gasteiger partial charge on any atom is -0.383 e. The summed E-state index contributed by atoms with van der Waals surface area (Å²) in [5.41, 5.74) is 7.17. The lowest BCUT2D eigenvalue weighted by molar-refractivity contribution is 0.159. The molecule has 0 spiro atoms. The molecule has 0 aliphatic rings. The Bertz CT molecular complexity index is 376. The molecular weight excluding hydrogens is 316 g/mol. The van der Waals surface area contributed by atoms with Crippen molar-refractivity contribution in [2.24, 2.45) is 5.73 Å². The zero-order valence-corrected chi connectivity index (χ0v) is 13.2. The molecule has 0 aliphatic carbocycles. The fourth-order valence-corrected chi connectivity index (χ4v) is 2.49. The first-order chi connectivity index (χ1) is 8.54. The minimum absolute atomic E-state index is 0.0319. The number of halogens is 2. The Morgan fingerprint density at radius 3 is 2.78 bits per heavy atom. The number of hydrogen-bond acceptors (Lipinski definition) is 3. The van der Waals surface area contributed by atoms with Crippen LogP contribution in [0.2, 0.25) is 5.02 Å². The molecule has 0 saturated heterocycles. The molecule has 0 amide bonds. The van der Waals surface area contributed by atoms with Crippen molar-refractivity contribution in [1.82, 2.24) is 4.90 Å². The fraction of sp³-hybridized carbons (Fsp3) is 0.538. The molecular formula is C13H20BrClN2O. The van der Waals surface area contributed by atoms with E-state index in [0.29, 0.717) is 0 Å². The molecule has 1 atom stereocenters. The Morgan fingerprint density at radius 1 is 1.44 bits per heavy atom. The van der Waals surface area contributed by atoms with Crippen LogP contribution in [0.3, 0.4) is 0 Å². The zero-order chi connectivity index (χ0) is 13.5. The molecule has 102 valence electrons. The summed E-state index contributed by atoms with van der Waals surface area (Å²) >= 11 is 9.57. The van der Waals surface area contributed by atoms with E-state index in [1.54, 1.807) is 7.11 Å². The van der Waals surface area contributed by atoms with Crippen LogP contribution in [-0.2, 0) is 4.74 Å². The van der Waals surface area contributed by atoms with E-state index >= 15 is 0 Å². The van der Waals surface area contributed by atoms with E-state index in [1.807, 2.05) is 18.2 Å². The Morgan fingerprint density at radius 2 is 2.17 bits per heavy atom. The Labute approximate surface area is 122 Å². The molecule has 3 nitrogen and oxygen atoms in total. The van der Waals surface area contributed by atoms with E-state index in [2.05, 4.69) is 27.9 Å². The largest absolute Gasteiger partial charge is 0.383 e. The smallest absolute Gasteiger partial charge is 0.0589 e. The van der Waals surface area contributed by atoms with Gasteiger partial charge in [0.15, 0.2) is 0 Å². The number of nitrogens with two attached hydrogens (primary N) is 1. The van der Waals surface area contributed by atoms with Gasteiger partial charge in [-0.05, 0) is 37.7 Å². The van der Waals surface area contributed by atoms with E-state index in [9.17, 15) is 0 Å². The summed E-state index contributed by atoms with van der Waals surface area (Å²) in [5.74, 6) is 0. The van der Waals surface area contributed by atoms with Crippen molar-refractivity contribution < 1.29 is 4.74 Å². The molecule has 0 saturated carbocycles. The van der Waals surface area contributed by atoms with Crippen LogP contribution in [0.1, 0.15) is 18.0 Å². The highest BCUT2D eigenvalue weighted by atomic mass is 79.9. The monoisotopic (exact) mass is 334 g/mol. The van der Waals surface area contributed by atoms with E-state index in [4.69, 9.17) is 22.1 Å². The van der Waals surface area contributed by atoms with E-state index < -0.39 is 0 Å². The van der Waals surface area contributed by atoms with Crippen LogP contribution in [0.25, 0.3) is 0 Å². The molecule has 0 radical (unpaired) electrons. The van der Waals surface area contributed by atoms with Gasteiger partial charge in [0, 0.05) is 29.2 Å². The van der Waals surface area contributed by atoms with Crippen molar-refractivity contribution in [2.45, 2.75) is 12.5 Å². The van der Waals surface area contributed by atoms with Gasteiger partial charge in [-0.1, -0.05) is 33.6 Å². The van der Waals surface area contributed by atoms with Crippen molar-refractivity contribution in [3.05, 3.63) is 33.3 Å².